The molecule has 0 aliphatic carbocycles. The van der Waals surface area contributed by atoms with Crippen LogP contribution >= 0.6 is 0 Å². The van der Waals surface area contributed by atoms with E-state index in [2.05, 4.69) is 4.74 Å². The fourth-order valence-corrected chi connectivity index (χ4v) is 0.406. The van der Waals surface area contributed by atoms with E-state index < -0.39 is 0 Å². The second-order valence-electron chi connectivity index (χ2n) is 1.42. The second kappa shape index (κ2) is 3.83. The van der Waals surface area contributed by atoms with Crippen molar-refractivity contribution in [3.63, 3.8) is 0 Å². The summed E-state index contributed by atoms with van der Waals surface area (Å²) in [7, 11) is 0. The molecular weight excluding hydrogens is 120 g/mol. The van der Waals surface area contributed by atoms with Crippen LogP contribution in [0.25, 0.3) is 0 Å². The van der Waals surface area contributed by atoms with Gasteiger partial charge in [0.1, 0.15) is 0 Å². The summed E-state index contributed by atoms with van der Waals surface area (Å²) in [6.07, 6.45) is 1.44. The van der Waals surface area contributed by atoms with Crippen LogP contribution in [0.4, 0.5) is 0 Å². The Balaban J connectivity index is 4.00. The Morgan fingerprint density at radius 1 is 1.56 bits per heavy atom. The van der Waals surface area contributed by atoms with Crippen molar-refractivity contribution in [3.8, 4) is 0 Å². The number of hydrogen-bond acceptors (Lipinski definition) is 3. The van der Waals surface area contributed by atoms with Crippen LogP contribution in [0, 0.1) is 0 Å². The fraction of sp³-hybridized carbons (Fsp3) is 0.333. The summed E-state index contributed by atoms with van der Waals surface area (Å²) in [6, 6.07) is 0. The van der Waals surface area contributed by atoms with Crippen LogP contribution in [0.5, 0.6) is 0 Å². The van der Waals surface area contributed by atoms with Crippen LogP contribution in [0.3, 0.4) is 0 Å². The van der Waals surface area contributed by atoms with E-state index in [9.17, 15) is 9.59 Å². The zero-order valence-corrected chi connectivity index (χ0v) is 5.38. The SMILES string of the molecule is C/C=C(/OC=O)C(C)=O. The van der Waals surface area contributed by atoms with Crippen LogP contribution in [0.1, 0.15) is 13.8 Å². The molecule has 0 unspecified atom stereocenters. The van der Waals surface area contributed by atoms with Crippen molar-refractivity contribution in [2.24, 2.45) is 0 Å². The van der Waals surface area contributed by atoms with Gasteiger partial charge in [0.15, 0.2) is 11.5 Å². The van der Waals surface area contributed by atoms with E-state index >= 15 is 0 Å². The topological polar surface area (TPSA) is 43.4 Å². The summed E-state index contributed by atoms with van der Waals surface area (Å²) in [4.78, 5) is 20.1. The molecule has 0 bridgehead atoms. The summed E-state index contributed by atoms with van der Waals surface area (Å²) in [5.74, 6) is -0.158. The fourth-order valence-electron chi connectivity index (χ4n) is 0.406. The molecule has 0 atom stereocenters. The normalized spacial score (nSPS) is 10.7. The number of allylic oxidation sites excluding steroid dienone is 2. The Bertz CT molecular complexity index is 146. The molecule has 0 aromatic carbocycles. The summed E-state index contributed by atoms with van der Waals surface area (Å²) < 4.78 is 4.28. The quantitative estimate of drug-likeness (QED) is 0.318. The molecule has 0 fully saturated rings. The monoisotopic (exact) mass is 128 g/mol. The molecule has 0 aliphatic heterocycles. The lowest BCUT2D eigenvalue weighted by atomic mass is 10.3. The number of ketones is 1. The van der Waals surface area contributed by atoms with Gasteiger partial charge in [-0.05, 0) is 13.0 Å². The summed E-state index contributed by atoms with van der Waals surface area (Å²) in [5, 5.41) is 0. The number of Topliss-reactive ketones (excluding diaryl/α,β-unsaturated/α-hetero) is 1. The van der Waals surface area contributed by atoms with Crippen molar-refractivity contribution in [1.82, 2.24) is 0 Å². The van der Waals surface area contributed by atoms with Crippen LogP contribution in [-0.4, -0.2) is 12.3 Å². The highest BCUT2D eigenvalue weighted by atomic mass is 16.5. The number of ether oxygens (including phenoxy) is 1. The van der Waals surface area contributed by atoms with Crippen molar-refractivity contribution < 1.29 is 14.3 Å². The molecule has 3 nitrogen and oxygen atoms in total. The highest BCUT2D eigenvalue weighted by Crippen LogP contribution is 1.94. The molecule has 0 radical (unpaired) electrons. The average molecular weight is 128 g/mol. The van der Waals surface area contributed by atoms with Crippen molar-refractivity contribution in [2.75, 3.05) is 0 Å². The minimum absolute atomic E-state index is 0.0880. The van der Waals surface area contributed by atoms with Crippen molar-refractivity contribution in [2.45, 2.75) is 13.8 Å². The average Bonchev–Trinajstić information content (AvgIpc) is 1.82. The maximum Gasteiger partial charge on any atom is 0.298 e. The molecular formula is C6H8O3. The van der Waals surface area contributed by atoms with Crippen molar-refractivity contribution in [1.29, 1.82) is 0 Å². The van der Waals surface area contributed by atoms with Crippen molar-refractivity contribution >= 4 is 12.3 Å². The Hall–Kier alpha value is -1.12. The maximum absolute atomic E-state index is 10.4. The third kappa shape index (κ3) is 2.64. The van der Waals surface area contributed by atoms with Gasteiger partial charge in [-0.15, -0.1) is 0 Å². The van der Waals surface area contributed by atoms with E-state index in [0.717, 1.165) is 0 Å². The molecule has 9 heavy (non-hydrogen) atoms. The van der Waals surface area contributed by atoms with Gasteiger partial charge in [0.05, 0.1) is 0 Å². The Labute approximate surface area is 53.3 Å². The van der Waals surface area contributed by atoms with Crippen LogP contribution < -0.4 is 0 Å². The highest BCUT2D eigenvalue weighted by Gasteiger charge is 2.00. The first-order chi connectivity index (χ1) is 4.22. The molecule has 0 N–H and O–H groups in total. The molecule has 0 aromatic rings. The lowest BCUT2D eigenvalue weighted by molar-refractivity contribution is -0.130. The Kier molecular flexibility index (Phi) is 3.35. The summed E-state index contributed by atoms with van der Waals surface area (Å²) >= 11 is 0. The first-order valence-corrected chi connectivity index (χ1v) is 2.50. The van der Waals surface area contributed by atoms with Gasteiger partial charge in [-0.25, -0.2) is 0 Å². The van der Waals surface area contributed by atoms with E-state index in [4.69, 9.17) is 0 Å². The van der Waals surface area contributed by atoms with Crippen LogP contribution in [0.15, 0.2) is 11.8 Å². The number of hydrogen-bond donors (Lipinski definition) is 0. The van der Waals surface area contributed by atoms with Gasteiger partial charge >= 0.3 is 0 Å². The molecule has 50 valence electrons. The van der Waals surface area contributed by atoms with Gasteiger partial charge in [-0.2, -0.15) is 0 Å². The molecule has 0 aliphatic rings. The lowest BCUT2D eigenvalue weighted by Crippen LogP contribution is -1.99. The van der Waals surface area contributed by atoms with Crippen LogP contribution in [0.2, 0.25) is 0 Å². The summed E-state index contributed by atoms with van der Waals surface area (Å²) in [6.45, 7) is 3.19. The van der Waals surface area contributed by atoms with Gasteiger partial charge in [0.25, 0.3) is 6.47 Å². The standard InChI is InChI=1S/C6H8O3/c1-3-6(5(2)8)9-4-7/h3-4H,1-2H3/b6-3+. The molecule has 0 spiro atoms. The third-order valence-electron chi connectivity index (χ3n) is 0.784. The summed E-state index contributed by atoms with van der Waals surface area (Å²) in [5.41, 5.74) is 0. The largest absolute Gasteiger partial charge is 0.425 e. The number of rotatable bonds is 3. The minimum atomic E-state index is -0.246. The first kappa shape index (κ1) is 7.88. The van der Waals surface area contributed by atoms with Gasteiger partial charge in [-0.1, -0.05) is 0 Å². The van der Waals surface area contributed by atoms with Gasteiger partial charge in [-0.3, -0.25) is 9.59 Å². The molecule has 0 rings (SSSR count). The predicted molar refractivity (Wildman–Crippen MR) is 31.6 cm³/mol. The minimum Gasteiger partial charge on any atom is -0.425 e. The van der Waals surface area contributed by atoms with E-state index in [-0.39, 0.29) is 18.0 Å². The third-order valence-corrected chi connectivity index (χ3v) is 0.784. The smallest absolute Gasteiger partial charge is 0.298 e. The number of carbonyl (C=O) groups is 2. The van der Waals surface area contributed by atoms with Gasteiger partial charge < -0.3 is 4.74 Å². The van der Waals surface area contributed by atoms with Gasteiger partial charge in [0, 0.05) is 6.92 Å². The zero-order valence-electron chi connectivity index (χ0n) is 5.38. The van der Waals surface area contributed by atoms with E-state index in [1.165, 1.54) is 13.0 Å². The second-order valence-corrected chi connectivity index (χ2v) is 1.42. The molecule has 3 heteroatoms. The van der Waals surface area contributed by atoms with Crippen molar-refractivity contribution in [3.05, 3.63) is 11.8 Å². The maximum atomic E-state index is 10.4. The van der Waals surface area contributed by atoms with Crippen LogP contribution in [-0.2, 0) is 14.3 Å². The lowest BCUT2D eigenvalue weighted by Gasteiger charge is -1.94. The van der Waals surface area contributed by atoms with Gasteiger partial charge in [0.2, 0.25) is 0 Å². The highest BCUT2D eigenvalue weighted by molar-refractivity contribution is 5.92. The number of carbonyl (C=O) groups excluding carboxylic acids is 2. The zero-order chi connectivity index (χ0) is 7.28. The molecule has 0 aromatic heterocycles. The Morgan fingerprint density at radius 2 is 2.11 bits per heavy atom. The molecule has 0 amide bonds. The van der Waals surface area contributed by atoms with E-state index in [0.29, 0.717) is 0 Å². The molecule has 0 saturated carbocycles. The molecule has 0 saturated heterocycles. The predicted octanol–water partition coefficient (Wildman–Crippen LogP) is 0.652. The van der Waals surface area contributed by atoms with E-state index in [1.807, 2.05) is 0 Å². The van der Waals surface area contributed by atoms with E-state index in [1.54, 1.807) is 6.92 Å². The molecule has 0 heterocycles. The Morgan fingerprint density at radius 3 is 2.22 bits per heavy atom. The first-order valence-electron chi connectivity index (χ1n) is 2.50.